The molecule has 0 heterocycles. The molecule has 0 spiro atoms. The van der Waals surface area contributed by atoms with Crippen LogP contribution in [-0.4, -0.2) is 11.9 Å². The molecule has 0 saturated heterocycles. The fraction of sp³-hybridized carbons (Fsp3) is 0.643. The van der Waals surface area contributed by atoms with Crippen LogP contribution in [0.5, 0.6) is 0 Å². The van der Waals surface area contributed by atoms with Crippen molar-refractivity contribution in [2.24, 2.45) is 5.41 Å². The highest BCUT2D eigenvalue weighted by Crippen LogP contribution is 2.22. The van der Waals surface area contributed by atoms with Crippen molar-refractivity contribution in [3.05, 3.63) is 24.8 Å². The van der Waals surface area contributed by atoms with Gasteiger partial charge in [-0.05, 0) is 40.0 Å². The van der Waals surface area contributed by atoms with Crippen molar-refractivity contribution in [1.29, 1.82) is 0 Å². The van der Waals surface area contributed by atoms with Gasteiger partial charge in [-0.15, -0.1) is 6.58 Å². The van der Waals surface area contributed by atoms with E-state index in [1.54, 1.807) is 0 Å². The van der Waals surface area contributed by atoms with Gasteiger partial charge in [-0.3, -0.25) is 4.79 Å². The van der Waals surface area contributed by atoms with Crippen molar-refractivity contribution >= 4 is 15.2 Å². The minimum absolute atomic E-state index is 0.162. The van der Waals surface area contributed by atoms with Crippen molar-refractivity contribution in [3.8, 4) is 0 Å². The number of Topliss-reactive ketones (excluding diaryl/α,β-unsaturated/α-hetero) is 1. The first-order valence-corrected chi connectivity index (χ1v) is 6.58. The van der Waals surface area contributed by atoms with Gasteiger partial charge in [-0.2, -0.15) is 0 Å². The van der Waals surface area contributed by atoms with Gasteiger partial charge in [-0.25, -0.2) is 0 Å². The summed E-state index contributed by atoms with van der Waals surface area (Å²) in [5.41, 5.74) is -0.343. The van der Waals surface area contributed by atoms with Crippen molar-refractivity contribution in [2.75, 3.05) is 0 Å². The summed E-state index contributed by atoms with van der Waals surface area (Å²) in [6.45, 7) is 9.55. The highest BCUT2D eigenvalue weighted by atomic mass is 31.0. The predicted molar refractivity (Wildman–Crippen MR) is 76.9 cm³/mol. The number of rotatable bonds is 9. The molecule has 0 aliphatic heterocycles. The Labute approximate surface area is 108 Å². The molecule has 0 aliphatic rings. The summed E-state index contributed by atoms with van der Waals surface area (Å²) in [5, 5.41) is 0. The Balaban J connectivity index is 4.03. The minimum atomic E-state index is -0.343. The Kier molecular flexibility index (Phi) is 8.37. The van der Waals surface area contributed by atoms with Crippen LogP contribution >= 0.6 is 9.47 Å². The first kappa shape index (κ1) is 16.5. The molecule has 0 saturated carbocycles. The summed E-state index contributed by atoms with van der Waals surface area (Å²) in [6.07, 6.45) is 9.11. The molecule has 0 aromatic carbocycles. The zero-order valence-corrected chi connectivity index (χ0v) is 12.4. The molecule has 0 N–H and O–H groups in total. The summed E-state index contributed by atoms with van der Waals surface area (Å²) >= 11 is 0. The Morgan fingerprint density at radius 2 is 2.18 bits per heavy atom. The predicted octanol–water partition coefficient (Wildman–Crippen LogP) is 4.08. The molecule has 2 atom stereocenters. The molecule has 0 aromatic heterocycles. The van der Waals surface area contributed by atoms with E-state index in [4.69, 9.17) is 4.52 Å². The molecule has 0 aromatic rings. The second-order valence-corrected chi connectivity index (χ2v) is 5.09. The van der Waals surface area contributed by atoms with Gasteiger partial charge in [0.1, 0.15) is 5.78 Å². The van der Waals surface area contributed by atoms with Crippen LogP contribution in [0.4, 0.5) is 0 Å². The molecule has 0 fully saturated rings. The average molecular weight is 256 g/mol. The number of carbonyl (C=O) groups is 1. The lowest BCUT2D eigenvalue weighted by atomic mass is 9.85. The van der Waals surface area contributed by atoms with Crippen LogP contribution in [0.2, 0.25) is 0 Å². The van der Waals surface area contributed by atoms with Crippen LogP contribution in [0, 0.1) is 5.41 Å². The Hall–Kier alpha value is -0.460. The van der Waals surface area contributed by atoms with E-state index < -0.39 is 0 Å². The molecule has 0 bridgehead atoms. The maximum Gasteiger partial charge on any atom is 0.142 e. The minimum Gasteiger partial charge on any atom is -0.362 e. The summed E-state index contributed by atoms with van der Waals surface area (Å²) in [5.74, 6) is 0.289. The zero-order chi connectivity index (χ0) is 13.3. The van der Waals surface area contributed by atoms with Gasteiger partial charge in [0.25, 0.3) is 0 Å². The van der Waals surface area contributed by atoms with E-state index in [2.05, 4.69) is 16.0 Å². The Morgan fingerprint density at radius 3 is 2.65 bits per heavy atom. The van der Waals surface area contributed by atoms with Crippen LogP contribution in [-0.2, 0) is 9.32 Å². The molecule has 0 amide bonds. The summed E-state index contributed by atoms with van der Waals surface area (Å²) in [6, 6.07) is 0. The SMILES string of the molecule is C=CC[C@H](CCCC(=O)C(C)(C)/C=C/C)OP. The highest BCUT2D eigenvalue weighted by molar-refractivity contribution is 7.09. The van der Waals surface area contributed by atoms with Crippen molar-refractivity contribution in [3.63, 3.8) is 0 Å². The van der Waals surface area contributed by atoms with Gasteiger partial charge >= 0.3 is 0 Å². The number of hydrogen-bond donors (Lipinski definition) is 0. The second kappa shape index (κ2) is 8.60. The molecular weight excluding hydrogens is 231 g/mol. The zero-order valence-electron chi connectivity index (χ0n) is 11.2. The van der Waals surface area contributed by atoms with Gasteiger partial charge in [-0.1, -0.05) is 18.2 Å². The van der Waals surface area contributed by atoms with Gasteiger partial charge < -0.3 is 4.52 Å². The fourth-order valence-electron chi connectivity index (χ4n) is 1.75. The lowest BCUT2D eigenvalue weighted by Gasteiger charge is -2.19. The maximum absolute atomic E-state index is 12.0. The Morgan fingerprint density at radius 1 is 1.53 bits per heavy atom. The van der Waals surface area contributed by atoms with Crippen LogP contribution in [0.25, 0.3) is 0 Å². The van der Waals surface area contributed by atoms with E-state index in [1.165, 1.54) is 0 Å². The highest BCUT2D eigenvalue weighted by Gasteiger charge is 2.23. The smallest absolute Gasteiger partial charge is 0.142 e. The molecular formula is C14H25O2P. The normalized spacial score (nSPS) is 13.9. The summed E-state index contributed by atoms with van der Waals surface area (Å²) < 4.78 is 5.23. The summed E-state index contributed by atoms with van der Waals surface area (Å²) in [4.78, 5) is 12.0. The lowest BCUT2D eigenvalue weighted by Crippen LogP contribution is -2.21. The van der Waals surface area contributed by atoms with E-state index in [1.807, 2.05) is 39.0 Å². The third-order valence-electron chi connectivity index (χ3n) is 2.85. The molecule has 17 heavy (non-hydrogen) atoms. The monoisotopic (exact) mass is 256 g/mol. The lowest BCUT2D eigenvalue weighted by molar-refractivity contribution is -0.125. The van der Waals surface area contributed by atoms with Gasteiger partial charge in [0.05, 0.1) is 6.10 Å². The molecule has 0 radical (unpaired) electrons. The number of ketones is 1. The van der Waals surface area contributed by atoms with Gasteiger partial charge in [0, 0.05) is 21.3 Å². The van der Waals surface area contributed by atoms with Crippen LogP contribution < -0.4 is 0 Å². The van der Waals surface area contributed by atoms with Crippen molar-refractivity contribution in [1.82, 2.24) is 0 Å². The first-order valence-electron chi connectivity index (χ1n) is 6.11. The quantitative estimate of drug-likeness (QED) is 0.459. The van der Waals surface area contributed by atoms with Gasteiger partial charge in [0.2, 0.25) is 0 Å². The third kappa shape index (κ3) is 6.75. The van der Waals surface area contributed by atoms with Crippen LogP contribution in [0.3, 0.4) is 0 Å². The van der Waals surface area contributed by atoms with Gasteiger partial charge in [0.15, 0.2) is 0 Å². The standard InChI is InChI=1S/C14H25O2P/c1-5-8-12(16-17)9-7-10-13(15)14(3,4)11-6-2/h5-6,11-12H,1,7-10,17H2,2-4H3/b11-6+/t12-/m1/s1. The van der Waals surface area contributed by atoms with E-state index >= 15 is 0 Å². The molecule has 3 heteroatoms. The van der Waals surface area contributed by atoms with E-state index in [9.17, 15) is 4.79 Å². The first-order chi connectivity index (χ1) is 7.97. The Bertz CT molecular complexity index is 269. The molecule has 1 unspecified atom stereocenters. The van der Waals surface area contributed by atoms with Crippen LogP contribution in [0.15, 0.2) is 24.8 Å². The van der Waals surface area contributed by atoms with E-state index in [0.29, 0.717) is 6.42 Å². The third-order valence-corrected chi connectivity index (χ3v) is 3.24. The number of hydrogen-bond acceptors (Lipinski definition) is 2. The largest absolute Gasteiger partial charge is 0.362 e. The number of allylic oxidation sites excluding steroid dienone is 2. The fourth-order valence-corrected chi connectivity index (χ4v) is 2.00. The maximum atomic E-state index is 12.0. The average Bonchev–Trinajstić information content (AvgIpc) is 2.27. The second-order valence-electron chi connectivity index (χ2n) is 4.82. The topological polar surface area (TPSA) is 26.3 Å². The molecule has 0 rings (SSSR count). The molecule has 2 nitrogen and oxygen atoms in total. The summed E-state index contributed by atoms with van der Waals surface area (Å²) in [7, 11) is 2.28. The van der Waals surface area contributed by atoms with E-state index in [-0.39, 0.29) is 17.3 Å². The molecule has 98 valence electrons. The van der Waals surface area contributed by atoms with Crippen molar-refractivity contribution < 1.29 is 9.32 Å². The molecule has 0 aliphatic carbocycles. The van der Waals surface area contributed by atoms with E-state index in [0.717, 1.165) is 19.3 Å². The van der Waals surface area contributed by atoms with Crippen LogP contribution in [0.1, 0.15) is 46.5 Å². The number of carbonyl (C=O) groups excluding carboxylic acids is 1. The van der Waals surface area contributed by atoms with Crippen molar-refractivity contribution in [2.45, 2.75) is 52.6 Å².